The quantitative estimate of drug-likeness (QED) is 0.610. The van der Waals surface area contributed by atoms with Gasteiger partial charge in [-0.1, -0.05) is 41.4 Å². The van der Waals surface area contributed by atoms with Gasteiger partial charge in [0.15, 0.2) is 6.61 Å². The average molecular weight is 470 g/mol. The van der Waals surface area contributed by atoms with Crippen LogP contribution in [-0.4, -0.2) is 71.2 Å². The lowest BCUT2D eigenvalue weighted by Crippen LogP contribution is -2.59. The van der Waals surface area contributed by atoms with Crippen LogP contribution < -0.4 is 4.74 Å². The van der Waals surface area contributed by atoms with Crippen molar-refractivity contribution in [3.05, 3.63) is 64.7 Å². The van der Waals surface area contributed by atoms with Crippen LogP contribution in [0.15, 0.2) is 48.5 Å². The molecule has 0 aromatic heterocycles. The summed E-state index contributed by atoms with van der Waals surface area (Å²) in [7, 11) is 0. The minimum atomic E-state index is -0.448. The maximum absolute atomic E-state index is 12.8. The first-order valence-corrected chi connectivity index (χ1v) is 11.6. The molecule has 2 fully saturated rings. The van der Waals surface area contributed by atoms with Crippen LogP contribution in [0.2, 0.25) is 5.02 Å². The van der Waals surface area contributed by atoms with Gasteiger partial charge in [-0.3, -0.25) is 14.4 Å². The Balaban J connectivity index is 1.25. The number of nitrogens with zero attached hydrogens (tertiary/aromatic N) is 3. The third-order valence-electron chi connectivity index (χ3n) is 6.27. The van der Waals surface area contributed by atoms with Gasteiger partial charge < -0.3 is 19.4 Å². The molecule has 2 aliphatic rings. The molecule has 0 radical (unpaired) electrons. The highest BCUT2D eigenvalue weighted by molar-refractivity contribution is 6.35. The first-order chi connectivity index (χ1) is 15.9. The number of amides is 3. The van der Waals surface area contributed by atoms with Gasteiger partial charge in [0, 0.05) is 43.8 Å². The van der Waals surface area contributed by atoms with Gasteiger partial charge in [-0.2, -0.15) is 0 Å². The van der Waals surface area contributed by atoms with E-state index < -0.39 is 11.8 Å². The molecule has 174 valence electrons. The van der Waals surface area contributed by atoms with Crippen molar-refractivity contribution in [2.45, 2.75) is 32.4 Å². The Morgan fingerprint density at radius 2 is 1.61 bits per heavy atom. The second kappa shape index (κ2) is 10.3. The molecule has 33 heavy (non-hydrogen) atoms. The summed E-state index contributed by atoms with van der Waals surface area (Å²) in [5.74, 6) is -0.384. The van der Waals surface area contributed by atoms with E-state index in [2.05, 4.69) is 0 Å². The highest BCUT2D eigenvalue weighted by Gasteiger charge is 2.38. The molecule has 4 rings (SSSR count). The second-order valence-electron chi connectivity index (χ2n) is 8.57. The number of benzene rings is 2. The molecule has 0 unspecified atom stereocenters. The van der Waals surface area contributed by atoms with E-state index in [1.165, 1.54) is 0 Å². The standard InChI is InChI=1S/C25H28ClN3O4/c1-18-2-4-19(5-3-18)16-28-14-15-29(25(32)24(28)31)21-10-12-27(13-11-21)23(30)17-33-22-8-6-20(26)7-9-22/h2-9,21H,10-17H2,1H3. The number of piperazine rings is 1. The molecule has 0 spiro atoms. The first-order valence-electron chi connectivity index (χ1n) is 11.2. The van der Waals surface area contributed by atoms with Crippen molar-refractivity contribution in [2.24, 2.45) is 0 Å². The largest absolute Gasteiger partial charge is 0.484 e. The molecule has 7 nitrogen and oxygen atoms in total. The zero-order valence-corrected chi connectivity index (χ0v) is 19.5. The van der Waals surface area contributed by atoms with Crippen molar-refractivity contribution in [1.29, 1.82) is 0 Å². The molecule has 0 saturated carbocycles. The third-order valence-corrected chi connectivity index (χ3v) is 6.52. The first kappa shape index (κ1) is 23.1. The molecule has 8 heteroatoms. The lowest BCUT2D eigenvalue weighted by Gasteiger charge is -2.42. The predicted molar refractivity (Wildman–Crippen MR) is 125 cm³/mol. The molecule has 2 aromatic carbocycles. The number of hydrogen-bond acceptors (Lipinski definition) is 4. The van der Waals surface area contributed by atoms with E-state index in [1.807, 2.05) is 31.2 Å². The minimum absolute atomic E-state index is 0.0239. The van der Waals surface area contributed by atoms with E-state index in [9.17, 15) is 14.4 Å². The number of halogens is 1. The lowest BCUT2D eigenvalue weighted by molar-refractivity contribution is -0.159. The fraction of sp³-hybridized carbons (Fsp3) is 0.400. The van der Waals surface area contributed by atoms with Gasteiger partial charge in [0.25, 0.3) is 5.91 Å². The number of likely N-dealkylation sites (tertiary alicyclic amines) is 1. The Hall–Kier alpha value is -3.06. The second-order valence-corrected chi connectivity index (χ2v) is 9.00. The van der Waals surface area contributed by atoms with Crippen LogP contribution in [0.3, 0.4) is 0 Å². The van der Waals surface area contributed by atoms with Gasteiger partial charge in [-0.15, -0.1) is 0 Å². The molecule has 0 atom stereocenters. The molecule has 0 bridgehead atoms. The Morgan fingerprint density at radius 3 is 2.27 bits per heavy atom. The van der Waals surface area contributed by atoms with Crippen molar-refractivity contribution < 1.29 is 19.1 Å². The van der Waals surface area contributed by atoms with Crippen molar-refractivity contribution in [2.75, 3.05) is 32.8 Å². The third kappa shape index (κ3) is 5.66. The number of aryl methyl sites for hydroxylation is 1. The maximum Gasteiger partial charge on any atom is 0.312 e. The number of piperidine rings is 1. The van der Waals surface area contributed by atoms with Gasteiger partial charge in [0.05, 0.1) is 0 Å². The van der Waals surface area contributed by atoms with Crippen LogP contribution in [0, 0.1) is 6.92 Å². The van der Waals surface area contributed by atoms with E-state index in [0.717, 1.165) is 11.1 Å². The van der Waals surface area contributed by atoms with Gasteiger partial charge in [-0.05, 0) is 49.6 Å². The Kier molecular flexibility index (Phi) is 7.18. The topological polar surface area (TPSA) is 70.2 Å². The summed E-state index contributed by atoms with van der Waals surface area (Å²) in [5, 5.41) is 0.611. The molecule has 2 aliphatic heterocycles. The van der Waals surface area contributed by atoms with Crippen LogP contribution in [0.5, 0.6) is 5.75 Å². The summed E-state index contributed by atoms with van der Waals surface area (Å²) >= 11 is 5.86. The van der Waals surface area contributed by atoms with Crippen LogP contribution >= 0.6 is 11.6 Å². The van der Waals surface area contributed by atoms with Crippen LogP contribution in [-0.2, 0) is 20.9 Å². The fourth-order valence-electron chi connectivity index (χ4n) is 4.30. The van der Waals surface area contributed by atoms with E-state index in [0.29, 0.717) is 56.3 Å². The van der Waals surface area contributed by atoms with Crippen molar-refractivity contribution in [3.63, 3.8) is 0 Å². The molecular weight excluding hydrogens is 442 g/mol. The molecule has 2 aromatic rings. The smallest absolute Gasteiger partial charge is 0.312 e. The zero-order chi connectivity index (χ0) is 23.4. The Labute approximate surface area is 198 Å². The molecular formula is C25H28ClN3O4. The number of carbonyl (C=O) groups excluding carboxylic acids is 3. The van der Waals surface area contributed by atoms with E-state index >= 15 is 0 Å². The summed E-state index contributed by atoms with van der Waals surface area (Å²) in [6.45, 7) is 4.54. The Bertz CT molecular complexity index is 1000. The molecule has 2 heterocycles. The SMILES string of the molecule is Cc1ccc(CN2CCN(C3CCN(C(=O)COc4ccc(Cl)cc4)CC3)C(=O)C2=O)cc1. The van der Waals surface area contributed by atoms with Gasteiger partial charge >= 0.3 is 11.8 Å². The normalized spacial score (nSPS) is 17.5. The van der Waals surface area contributed by atoms with E-state index in [4.69, 9.17) is 16.3 Å². The molecule has 0 aliphatic carbocycles. The molecule has 2 saturated heterocycles. The van der Waals surface area contributed by atoms with Gasteiger partial charge in [0.1, 0.15) is 5.75 Å². The highest BCUT2D eigenvalue weighted by Crippen LogP contribution is 2.21. The Morgan fingerprint density at radius 1 is 0.939 bits per heavy atom. The van der Waals surface area contributed by atoms with Crippen LogP contribution in [0.25, 0.3) is 0 Å². The van der Waals surface area contributed by atoms with Crippen molar-refractivity contribution in [1.82, 2.24) is 14.7 Å². The van der Waals surface area contributed by atoms with Crippen molar-refractivity contribution in [3.8, 4) is 5.75 Å². The summed E-state index contributed by atoms with van der Waals surface area (Å²) in [6.07, 6.45) is 1.31. The number of rotatable bonds is 6. The summed E-state index contributed by atoms with van der Waals surface area (Å²) in [4.78, 5) is 43.1. The monoisotopic (exact) mass is 469 g/mol. The molecule has 0 N–H and O–H groups in total. The maximum atomic E-state index is 12.8. The number of hydrogen-bond donors (Lipinski definition) is 0. The van der Waals surface area contributed by atoms with Gasteiger partial charge in [-0.25, -0.2) is 0 Å². The van der Waals surface area contributed by atoms with Crippen LogP contribution in [0.4, 0.5) is 0 Å². The van der Waals surface area contributed by atoms with Crippen molar-refractivity contribution >= 4 is 29.3 Å². The predicted octanol–water partition coefficient (Wildman–Crippen LogP) is 2.89. The zero-order valence-electron chi connectivity index (χ0n) is 18.7. The highest BCUT2D eigenvalue weighted by atomic mass is 35.5. The fourth-order valence-corrected chi connectivity index (χ4v) is 4.42. The van der Waals surface area contributed by atoms with E-state index in [1.54, 1.807) is 39.0 Å². The average Bonchev–Trinajstić information content (AvgIpc) is 2.83. The van der Waals surface area contributed by atoms with Crippen LogP contribution in [0.1, 0.15) is 24.0 Å². The van der Waals surface area contributed by atoms with Gasteiger partial charge in [0.2, 0.25) is 0 Å². The lowest BCUT2D eigenvalue weighted by atomic mass is 10.0. The summed E-state index contributed by atoms with van der Waals surface area (Å²) < 4.78 is 5.55. The number of ether oxygens (including phenoxy) is 1. The minimum Gasteiger partial charge on any atom is -0.484 e. The number of carbonyl (C=O) groups is 3. The summed E-state index contributed by atoms with van der Waals surface area (Å²) in [6, 6.07) is 14.8. The molecule has 3 amide bonds. The summed E-state index contributed by atoms with van der Waals surface area (Å²) in [5.41, 5.74) is 2.18. The van der Waals surface area contributed by atoms with E-state index in [-0.39, 0.29) is 18.6 Å².